The molecule has 1 aromatic carbocycles. The first-order chi connectivity index (χ1) is 8.25. The van der Waals surface area contributed by atoms with Crippen LogP contribution in [0.25, 0.3) is 0 Å². The number of hydrogen-bond donors (Lipinski definition) is 2. The van der Waals surface area contributed by atoms with Gasteiger partial charge in [0.15, 0.2) is 0 Å². The Morgan fingerprint density at radius 3 is 2.76 bits per heavy atom. The smallest absolute Gasteiger partial charge is 0.0948 e. The minimum absolute atomic E-state index is 0.0979. The van der Waals surface area contributed by atoms with Gasteiger partial charge in [-0.2, -0.15) is 0 Å². The van der Waals surface area contributed by atoms with Crippen molar-refractivity contribution in [2.24, 2.45) is 0 Å². The van der Waals surface area contributed by atoms with Crippen LogP contribution in [0.15, 0.2) is 30.3 Å². The van der Waals surface area contributed by atoms with Crippen molar-refractivity contribution < 1.29 is 9.84 Å². The van der Waals surface area contributed by atoms with E-state index >= 15 is 0 Å². The summed E-state index contributed by atoms with van der Waals surface area (Å²) in [7, 11) is 0. The van der Waals surface area contributed by atoms with Gasteiger partial charge in [-0.25, -0.2) is 0 Å². The molecule has 2 N–H and O–H groups in total. The predicted molar refractivity (Wildman–Crippen MR) is 68.0 cm³/mol. The highest BCUT2D eigenvalue weighted by molar-refractivity contribution is 5.14. The Morgan fingerprint density at radius 1 is 1.35 bits per heavy atom. The molecule has 1 heterocycles. The van der Waals surface area contributed by atoms with Crippen LogP contribution in [0, 0.1) is 0 Å². The molecule has 17 heavy (non-hydrogen) atoms. The van der Waals surface area contributed by atoms with Crippen molar-refractivity contribution in [3.63, 3.8) is 0 Å². The van der Waals surface area contributed by atoms with Crippen molar-refractivity contribution in [1.82, 2.24) is 5.32 Å². The minimum atomic E-state index is -0.353. The second kappa shape index (κ2) is 6.15. The Bertz CT molecular complexity index is 328. The molecule has 1 saturated heterocycles. The second-order valence-corrected chi connectivity index (χ2v) is 4.80. The van der Waals surface area contributed by atoms with Crippen LogP contribution in [0.4, 0.5) is 0 Å². The van der Waals surface area contributed by atoms with Gasteiger partial charge < -0.3 is 15.2 Å². The molecule has 0 aliphatic carbocycles. The fourth-order valence-electron chi connectivity index (χ4n) is 2.18. The van der Waals surface area contributed by atoms with E-state index in [1.807, 2.05) is 6.07 Å². The predicted octanol–water partition coefficient (Wildman–Crippen LogP) is 1.36. The zero-order chi connectivity index (χ0) is 12.1. The summed E-state index contributed by atoms with van der Waals surface area (Å²) in [6, 6.07) is 11.0. The fourth-order valence-corrected chi connectivity index (χ4v) is 2.18. The van der Waals surface area contributed by atoms with E-state index in [4.69, 9.17) is 4.74 Å². The maximum Gasteiger partial charge on any atom is 0.0948 e. The molecule has 3 heteroatoms. The number of aliphatic hydroxyl groups is 1. The van der Waals surface area contributed by atoms with Gasteiger partial charge in [-0.15, -0.1) is 0 Å². The van der Waals surface area contributed by atoms with Crippen LogP contribution in [0.5, 0.6) is 0 Å². The quantitative estimate of drug-likeness (QED) is 0.809. The molecule has 1 aliphatic heterocycles. The van der Waals surface area contributed by atoms with Gasteiger partial charge in [0, 0.05) is 6.04 Å². The molecule has 0 aromatic heterocycles. The highest BCUT2D eigenvalue weighted by atomic mass is 16.5. The molecule has 0 radical (unpaired) electrons. The maximum atomic E-state index is 9.64. The largest absolute Gasteiger partial charge is 0.389 e. The summed E-state index contributed by atoms with van der Waals surface area (Å²) < 4.78 is 5.22. The first-order valence-corrected chi connectivity index (χ1v) is 6.31. The van der Waals surface area contributed by atoms with E-state index in [0.29, 0.717) is 19.3 Å². The number of ether oxygens (including phenoxy) is 1. The Balaban J connectivity index is 1.72. The van der Waals surface area contributed by atoms with Gasteiger partial charge in [-0.1, -0.05) is 30.3 Å². The molecule has 3 unspecified atom stereocenters. The molecular formula is C14H21NO2. The van der Waals surface area contributed by atoms with E-state index in [2.05, 4.69) is 36.5 Å². The molecular weight excluding hydrogens is 214 g/mol. The highest BCUT2D eigenvalue weighted by Crippen LogP contribution is 2.09. The lowest BCUT2D eigenvalue weighted by Crippen LogP contribution is -2.43. The summed E-state index contributed by atoms with van der Waals surface area (Å²) in [6.07, 6.45) is 1.79. The number of benzene rings is 1. The van der Waals surface area contributed by atoms with E-state index in [0.717, 1.165) is 12.8 Å². The van der Waals surface area contributed by atoms with Gasteiger partial charge in [-0.05, 0) is 25.3 Å². The van der Waals surface area contributed by atoms with Crippen LogP contribution in [-0.4, -0.2) is 36.5 Å². The van der Waals surface area contributed by atoms with Crippen LogP contribution in [-0.2, 0) is 11.2 Å². The Kier molecular flexibility index (Phi) is 4.54. The molecule has 0 bridgehead atoms. The molecule has 3 atom stereocenters. The topological polar surface area (TPSA) is 41.5 Å². The Morgan fingerprint density at radius 2 is 2.12 bits per heavy atom. The van der Waals surface area contributed by atoms with Crippen molar-refractivity contribution in [1.29, 1.82) is 0 Å². The van der Waals surface area contributed by atoms with Crippen molar-refractivity contribution >= 4 is 0 Å². The standard InChI is InChI=1S/C14H21NO2/c1-11(15-13-9-17-10-14(13)16)7-8-12-5-3-2-4-6-12/h2-6,11,13-16H,7-10H2,1H3. The Hall–Kier alpha value is -0.900. The highest BCUT2D eigenvalue weighted by Gasteiger charge is 2.26. The van der Waals surface area contributed by atoms with Crippen LogP contribution < -0.4 is 5.32 Å². The third kappa shape index (κ3) is 3.80. The third-order valence-corrected chi connectivity index (χ3v) is 3.26. The minimum Gasteiger partial charge on any atom is -0.389 e. The summed E-state index contributed by atoms with van der Waals surface area (Å²) >= 11 is 0. The van der Waals surface area contributed by atoms with E-state index in [1.165, 1.54) is 5.56 Å². The molecule has 1 aliphatic rings. The van der Waals surface area contributed by atoms with E-state index in [-0.39, 0.29) is 12.1 Å². The van der Waals surface area contributed by atoms with Crippen molar-refractivity contribution in [3.05, 3.63) is 35.9 Å². The van der Waals surface area contributed by atoms with Crippen LogP contribution in [0.3, 0.4) is 0 Å². The zero-order valence-electron chi connectivity index (χ0n) is 10.3. The van der Waals surface area contributed by atoms with Crippen molar-refractivity contribution in [3.8, 4) is 0 Å². The maximum absolute atomic E-state index is 9.64. The number of nitrogens with one attached hydrogen (secondary N) is 1. The lowest BCUT2D eigenvalue weighted by molar-refractivity contribution is 0.121. The molecule has 2 rings (SSSR count). The van der Waals surface area contributed by atoms with Gasteiger partial charge >= 0.3 is 0 Å². The summed E-state index contributed by atoms with van der Waals surface area (Å²) in [4.78, 5) is 0. The first kappa shape index (κ1) is 12.6. The number of hydrogen-bond acceptors (Lipinski definition) is 3. The van der Waals surface area contributed by atoms with Crippen molar-refractivity contribution in [2.75, 3.05) is 13.2 Å². The molecule has 1 aromatic rings. The summed E-state index contributed by atoms with van der Waals surface area (Å²) in [6.45, 7) is 3.24. The average Bonchev–Trinajstić information content (AvgIpc) is 2.74. The van der Waals surface area contributed by atoms with Gasteiger partial charge in [0.2, 0.25) is 0 Å². The van der Waals surface area contributed by atoms with Gasteiger partial charge in [0.1, 0.15) is 0 Å². The van der Waals surface area contributed by atoms with Gasteiger partial charge in [0.25, 0.3) is 0 Å². The van der Waals surface area contributed by atoms with Gasteiger partial charge in [0.05, 0.1) is 25.4 Å². The first-order valence-electron chi connectivity index (χ1n) is 6.31. The van der Waals surface area contributed by atoms with Crippen LogP contribution in [0.1, 0.15) is 18.9 Å². The molecule has 3 nitrogen and oxygen atoms in total. The lowest BCUT2D eigenvalue weighted by Gasteiger charge is -2.20. The zero-order valence-corrected chi connectivity index (χ0v) is 10.3. The number of rotatable bonds is 5. The van der Waals surface area contributed by atoms with Crippen LogP contribution >= 0.6 is 0 Å². The SMILES string of the molecule is CC(CCc1ccccc1)NC1COCC1O. The fraction of sp³-hybridized carbons (Fsp3) is 0.571. The summed E-state index contributed by atoms with van der Waals surface area (Å²) in [5.74, 6) is 0. The summed E-state index contributed by atoms with van der Waals surface area (Å²) in [5.41, 5.74) is 1.37. The number of aliphatic hydroxyl groups excluding tert-OH is 1. The molecule has 0 spiro atoms. The van der Waals surface area contributed by atoms with Gasteiger partial charge in [-0.3, -0.25) is 0 Å². The monoisotopic (exact) mass is 235 g/mol. The van der Waals surface area contributed by atoms with Crippen molar-refractivity contribution in [2.45, 2.75) is 38.0 Å². The van der Waals surface area contributed by atoms with E-state index in [9.17, 15) is 5.11 Å². The van der Waals surface area contributed by atoms with Crippen LogP contribution in [0.2, 0.25) is 0 Å². The van der Waals surface area contributed by atoms with E-state index < -0.39 is 0 Å². The van der Waals surface area contributed by atoms with E-state index in [1.54, 1.807) is 0 Å². The average molecular weight is 235 g/mol. The molecule has 94 valence electrons. The Labute approximate surface area is 103 Å². The third-order valence-electron chi connectivity index (χ3n) is 3.26. The second-order valence-electron chi connectivity index (χ2n) is 4.80. The molecule has 0 saturated carbocycles. The molecule has 0 amide bonds. The molecule has 1 fully saturated rings. The number of aryl methyl sites for hydroxylation is 1. The normalized spacial score (nSPS) is 26.0. The summed E-state index contributed by atoms with van der Waals surface area (Å²) in [5, 5.41) is 13.1. The lowest BCUT2D eigenvalue weighted by atomic mass is 10.1.